The summed E-state index contributed by atoms with van der Waals surface area (Å²) in [7, 11) is 0. The van der Waals surface area contributed by atoms with Crippen molar-refractivity contribution >= 4 is 49.1 Å². The minimum atomic E-state index is 0.540. The van der Waals surface area contributed by atoms with E-state index in [1.165, 1.54) is 5.39 Å². The lowest BCUT2D eigenvalue weighted by molar-refractivity contribution is 0.466. The Morgan fingerprint density at radius 1 is 0.622 bits per heavy atom. The Labute approximate surface area is 211 Å². The van der Waals surface area contributed by atoms with Gasteiger partial charge in [-0.1, -0.05) is 24.3 Å². The number of ether oxygens (including phenoxy) is 1. The van der Waals surface area contributed by atoms with E-state index in [4.69, 9.17) is 9.72 Å². The van der Waals surface area contributed by atoms with Crippen molar-refractivity contribution in [3.63, 3.8) is 0 Å². The van der Waals surface area contributed by atoms with Gasteiger partial charge < -0.3 is 9.14 Å². The molecule has 6 nitrogen and oxygen atoms in total. The third-order valence-electron chi connectivity index (χ3n) is 6.95. The Bertz CT molecular complexity index is 2130. The number of benzene rings is 2. The van der Waals surface area contributed by atoms with Gasteiger partial charge in [0.1, 0.15) is 11.6 Å². The van der Waals surface area contributed by atoms with Crippen LogP contribution in [-0.4, -0.2) is 23.9 Å². The quantitative estimate of drug-likeness (QED) is 0.250. The average Bonchev–Trinajstić information content (AvgIpc) is 3.57. The molecule has 0 atom stereocenters. The van der Waals surface area contributed by atoms with Gasteiger partial charge >= 0.3 is 0 Å². The summed E-state index contributed by atoms with van der Waals surface area (Å²) >= 11 is 0. The van der Waals surface area contributed by atoms with Crippen LogP contribution in [0.4, 0.5) is 0 Å². The zero-order chi connectivity index (χ0) is 24.3. The van der Waals surface area contributed by atoms with Gasteiger partial charge in [-0.3, -0.25) is 9.55 Å². The maximum Gasteiger partial charge on any atom is 0.219 e. The Morgan fingerprint density at radius 3 is 2.43 bits per heavy atom. The van der Waals surface area contributed by atoms with Gasteiger partial charge in [0.25, 0.3) is 0 Å². The molecule has 0 radical (unpaired) electrons. The molecule has 174 valence electrons. The van der Waals surface area contributed by atoms with Crippen molar-refractivity contribution < 1.29 is 4.74 Å². The molecule has 0 amide bonds. The van der Waals surface area contributed by atoms with Crippen molar-refractivity contribution in [3.05, 3.63) is 116 Å². The van der Waals surface area contributed by atoms with Crippen LogP contribution < -0.4 is 4.74 Å². The zero-order valence-corrected chi connectivity index (χ0v) is 19.6. The van der Waals surface area contributed by atoms with Gasteiger partial charge in [0.2, 0.25) is 5.88 Å². The first-order valence-electron chi connectivity index (χ1n) is 12.1. The van der Waals surface area contributed by atoms with Crippen LogP contribution in [-0.2, 0) is 0 Å². The van der Waals surface area contributed by atoms with Crippen molar-refractivity contribution in [1.29, 1.82) is 0 Å². The molecule has 0 aliphatic heterocycles. The summed E-state index contributed by atoms with van der Waals surface area (Å²) in [6.07, 6.45) is 7.58. The van der Waals surface area contributed by atoms with Gasteiger partial charge in [0, 0.05) is 58.5 Å². The summed E-state index contributed by atoms with van der Waals surface area (Å²) in [5.41, 5.74) is 5.15. The summed E-state index contributed by atoms with van der Waals surface area (Å²) < 4.78 is 10.7. The Kier molecular flexibility index (Phi) is 4.13. The van der Waals surface area contributed by atoms with E-state index in [0.717, 1.165) is 49.6 Å². The molecule has 0 spiro atoms. The summed E-state index contributed by atoms with van der Waals surface area (Å²) in [5.74, 6) is 2.12. The van der Waals surface area contributed by atoms with Crippen molar-refractivity contribution in [2.45, 2.75) is 0 Å². The highest BCUT2D eigenvalue weighted by Gasteiger charge is 2.15. The lowest BCUT2D eigenvalue weighted by Crippen LogP contribution is -1.97. The maximum absolute atomic E-state index is 6.35. The van der Waals surface area contributed by atoms with Crippen LogP contribution in [0.5, 0.6) is 11.6 Å². The van der Waals surface area contributed by atoms with E-state index < -0.39 is 0 Å². The number of pyridine rings is 4. The van der Waals surface area contributed by atoms with Crippen LogP contribution in [0.3, 0.4) is 0 Å². The second-order valence-corrected chi connectivity index (χ2v) is 9.02. The van der Waals surface area contributed by atoms with Crippen LogP contribution in [0.15, 0.2) is 116 Å². The van der Waals surface area contributed by atoms with Gasteiger partial charge in [0.05, 0.1) is 27.6 Å². The Balaban J connectivity index is 1.30. The predicted molar refractivity (Wildman–Crippen MR) is 147 cm³/mol. The summed E-state index contributed by atoms with van der Waals surface area (Å²) in [6.45, 7) is 0. The summed E-state index contributed by atoms with van der Waals surface area (Å²) in [6, 6.07) is 30.6. The molecule has 6 heteroatoms. The van der Waals surface area contributed by atoms with Crippen LogP contribution >= 0.6 is 0 Å². The van der Waals surface area contributed by atoms with Gasteiger partial charge in [-0.25, -0.2) is 9.97 Å². The second kappa shape index (κ2) is 7.63. The van der Waals surface area contributed by atoms with Crippen LogP contribution in [0, 0.1) is 0 Å². The van der Waals surface area contributed by atoms with E-state index in [9.17, 15) is 0 Å². The standard InChI is InChI=1S/C31H19N5O/c1-2-7-26-21(6-1)22-11-10-20(18-28(22)36(26)29-9-3-4-15-33-29)37-30-13-12-23-24-19-32-16-14-25(24)35-17-5-8-27(35)31(23)34-30/h1-19H. The summed E-state index contributed by atoms with van der Waals surface area (Å²) in [5, 5.41) is 4.43. The molecular weight excluding hydrogens is 458 g/mol. The minimum absolute atomic E-state index is 0.540. The number of fused-ring (bicyclic) bond motifs is 9. The fraction of sp³-hybridized carbons (Fsp3) is 0. The van der Waals surface area contributed by atoms with E-state index >= 15 is 0 Å². The van der Waals surface area contributed by atoms with Crippen LogP contribution in [0.2, 0.25) is 0 Å². The maximum atomic E-state index is 6.35. The molecule has 6 aromatic heterocycles. The first kappa shape index (κ1) is 20.0. The fourth-order valence-corrected chi connectivity index (χ4v) is 5.37. The smallest absolute Gasteiger partial charge is 0.219 e. The van der Waals surface area contributed by atoms with Crippen molar-refractivity contribution in [2.75, 3.05) is 0 Å². The molecule has 0 fully saturated rings. The monoisotopic (exact) mass is 477 g/mol. The van der Waals surface area contributed by atoms with Crippen molar-refractivity contribution in [2.24, 2.45) is 0 Å². The first-order chi connectivity index (χ1) is 18.3. The Hall–Kier alpha value is -5.23. The normalized spacial score (nSPS) is 11.8. The highest BCUT2D eigenvalue weighted by Crippen LogP contribution is 2.35. The molecular formula is C31H19N5O. The predicted octanol–water partition coefficient (Wildman–Crippen LogP) is 7.32. The van der Waals surface area contributed by atoms with Crippen LogP contribution in [0.25, 0.3) is 54.9 Å². The number of hydrogen-bond donors (Lipinski definition) is 0. The number of nitrogens with zero attached hydrogens (tertiary/aromatic N) is 5. The topological polar surface area (TPSA) is 57.2 Å². The van der Waals surface area contributed by atoms with Crippen LogP contribution in [0.1, 0.15) is 0 Å². The van der Waals surface area contributed by atoms with E-state index in [0.29, 0.717) is 11.6 Å². The lowest BCUT2D eigenvalue weighted by Gasteiger charge is -2.11. The molecule has 0 unspecified atom stereocenters. The highest BCUT2D eigenvalue weighted by molar-refractivity contribution is 6.11. The molecule has 8 rings (SSSR count). The van der Waals surface area contributed by atoms with Crippen molar-refractivity contribution in [3.8, 4) is 17.4 Å². The van der Waals surface area contributed by atoms with Gasteiger partial charge in [0.15, 0.2) is 0 Å². The molecule has 0 saturated heterocycles. The van der Waals surface area contributed by atoms with E-state index in [1.54, 1.807) is 0 Å². The molecule has 8 aromatic rings. The molecule has 0 saturated carbocycles. The molecule has 2 aromatic carbocycles. The van der Waals surface area contributed by atoms with Crippen molar-refractivity contribution in [1.82, 2.24) is 23.9 Å². The van der Waals surface area contributed by atoms with Gasteiger partial charge in [-0.15, -0.1) is 0 Å². The number of hydrogen-bond acceptors (Lipinski definition) is 4. The molecule has 37 heavy (non-hydrogen) atoms. The van der Waals surface area contributed by atoms with E-state index in [-0.39, 0.29) is 0 Å². The number of rotatable bonds is 3. The second-order valence-electron chi connectivity index (χ2n) is 9.02. The Morgan fingerprint density at radius 2 is 1.49 bits per heavy atom. The minimum Gasteiger partial charge on any atom is -0.439 e. The SMILES string of the molecule is c1ccc(-n2c3ccccc3c3ccc(Oc4ccc5c6cnccc6n6cccc6c5n4)cc32)nc1. The lowest BCUT2D eigenvalue weighted by atomic mass is 10.1. The molecule has 0 aliphatic rings. The van der Waals surface area contributed by atoms with Gasteiger partial charge in [-0.05, 0) is 54.6 Å². The summed E-state index contributed by atoms with van der Waals surface area (Å²) in [4.78, 5) is 13.9. The third kappa shape index (κ3) is 2.96. The van der Waals surface area contributed by atoms with E-state index in [2.05, 4.69) is 73.7 Å². The zero-order valence-electron chi connectivity index (χ0n) is 19.6. The highest BCUT2D eigenvalue weighted by atomic mass is 16.5. The fourth-order valence-electron chi connectivity index (χ4n) is 5.37. The first-order valence-corrected chi connectivity index (χ1v) is 12.1. The molecule has 0 N–H and O–H groups in total. The molecule has 0 bridgehead atoms. The number of para-hydroxylation sites is 1. The molecule has 0 aliphatic carbocycles. The van der Waals surface area contributed by atoms with Gasteiger partial charge in [-0.2, -0.15) is 0 Å². The average molecular weight is 478 g/mol. The largest absolute Gasteiger partial charge is 0.439 e. The number of aromatic nitrogens is 5. The third-order valence-corrected chi connectivity index (χ3v) is 6.95. The molecule has 6 heterocycles. The van der Waals surface area contributed by atoms with E-state index in [1.807, 2.05) is 61.1 Å².